The molecule has 0 unspecified atom stereocenters. The van der Waals surface area contributed by atoms with Crippen molar-refractivity contribution in [3.05, 3.63) is 69.3 Å². The summed E-state index contributed by atoms with van der Waals surface area (Å²) in [6, 6.07) is 12.4. The maximum absolute atomic E-state index is 2.56. The molecular formula is C35H56. The highest BCUT2D eigenvalue weighted by atomic mass is 14.3. The van der Waals surface area contributed by atoms with Gasteiger partial charge in [-0.05, 0) is 85.3 Å². The fourth-order valence-electron chi connectivity index (χ4n) is 5.22. The van der Waals surface area contributed by atoms with Crippen LogP contribution in [0.15, 0.2) is 30.3 Å². The molecule has 2 aromatic rings. The molecule has 196 valence electrons. The van der Waals surface area contributed by atoms with Gasteiger partial charge in [0, 0.05) is 0 Å². The Hall–Kier alpha value is -1.56. The van der Waals surface area contributed by atoms with Gasteiger partial charge >= 0.3 is 0 Å². The van der Waals surface area contributed by atoms with Crippen molar-refractivity contribution < 1.29 is 0 Å². The van der Waals surface area contributed by atoms with Crippen LogP contribution in [0.1, 0.15) is 149 Å². The summed E-state index contributed by atoms with van der Waals surface area (Å²) >= 11 is 0. The van der Waals surface area contributed by atoms with E-state index in [0.717, 1.165) is 12.8 Å². The highest BCUT2D eigenvalue weighted by Gasteiger charge is 2.29. The Labute approximate surface area is 219 Å². The van der Waals surface area contributed by atoms with Crippen molar-refractivity contribution in [2.45, 2.75) is 150 Å². The molecule has 0 spiro atoms. The van der Waals surface area contributed by atoms with Gasteiger partial charge in [0.15, 0.2) is 0 Å². The van der Waals surface area contributed by atoms with Crippen LogP contribution in [0.2, 0.25) is 0 Å². The summed E-state index contributed by atoms with van der Waals surface area (Å²) < 4.78 is 0. The fraction of sp³-hybridized carbons (Fsp3) is 0.657. The average molecular weight is 477 g/mol. The smallest absolute Gasteiger partial charge is 0.0129 e. The van der Waals surface area contributed by atoms with Crippen LogP contribution in [0.4, 0.5) is 0 Å². The van der Waals surface area contributed by atoms with Gasteiger partial charge in [-0.1, -0.05) is 134 Å². The van der Waals surface area contributed by atoms with Crippen LogP contribution in [0.25, 0.3) is 0 Å². The Morgan fingerprint density at radius 2 is 0.800 bits per heavy atom. The largest absolute Gasteiger partial charge is 0.0585 e. The predicted molar refractivity (Wildman–Crippen MR) is 158 cm³/mol. The monoisotopic (exact) mass is 476 g/mol. The summed E-state index contributed by atoms with van der Waals surface area (Å²) in [5.41, 5.74) is 11.3. The Morgan fingerprint density at radius 3 is 1.23 bits per heavy atom. The van der Waals surface area contributed by atoms with Crippen molar-refractivity contribution in [1.82, 2.24) is 0 Å². The first kappa shape index (κ1) is 29.7. The van der Waals surface area contributed by atoms with Gasteiger partial charge in [0.25, 0.3) is 0 Å². The minimum Gasteiger partial charge on any atom is -0.0585 e. The topological polar surface area (TPSA) is 0 Å². The van der Waals surface area contributed by atoms with Crippen molar-refractivity contribution >= 4 is 0 Å². The van der Waals surface area contributed by atoms with E-state index >= 15 is 0 Å². The summed E-state index contributed by atoms with van der Waals surface area (Å²) in [4.78, 5) is 0. The Bertz CT molecular complexity index is 1010. The lowest BCUT2D eigenvalue weighted by Crippen LogP contribution is -2.25. The molecule has 0 saturated heterocycles. The molecule has 0 N–H and O–H groups in total. The van der Waals surface area contributed by atoms with Crippen molar-refractivity contribution in [2.24, 2.45) is 0 Å². The standard InChI is InChI=1S/C35H56/c1-31(2,3)26-20-19-24(27(22-26)32(4,5)6)17-16-18-25-21-29(34(10,11)12)30(35(13,14)15)23-28(25)33(7,8)9/h19-23H,16-18H2,1-15H3. The SMILES string of the molecule is CC(C)(C)c1ccc(CCCc2cc(C(C)(C)C)c(C(C)(C)C)cc2C(C)(C)C)c(C(C)(C)C)c1. The van der Waals surface area contributed by atoms with Gasteiger partial charge in [-0.2, -0.15) is 0 Å². The Balaban J connectivity index is 2.48. The maximum Gasteiger partial charge on any atom is -0.0129 e. The minimum absolute atomic E-state index is 0.135. The molecule has 35 heavy (non-hydrogen) atoms. The molecule has 0 aliphatic carbocycles. The van der Waals surface area contributed by atoms with Gasteiger partial charge in [-0.15, -0.1) is 0 Å². The molecular weight excluding hydrogens is 420 g/mol. The van der Waals surface area contributed by atoms with Crippen LogP contribution in [-0.2, 0) is 39.9 Å². The van der Waals surface area contributed by atoms with E-state index in [-0.39, 0.29) is 27.1 Å². The summed E-state index contributed by atoms with van der Waals surface area (Å²) in [6.45, 7) is 35.3. The number of hydrogen-bond acceptors (Lipinski definition) is 0. The highest BCUT2D eigenvalue weighted by molar-refractivity contribution is 5.47. The first-order valence-electron chi connectivity index (χ1n) is 13.8. The lowest BCUT2D eigenvalue weighted by atomic mass is 9.70. The van der Waals surface area contributed by atoms with E-state index in [1.54, 1.807) is 5.56 Å². The summed E-state index contributed by atoms with van der Waals surface area (Å²) in [7, 11) is 0. The minimum atomic E-state index is 0.135. The molecule has 0 radical (unpaired) electrons. The van der Waals surface area contributed by atoms with Crippen LogP contribution in [0.5, 0.6) is 0 Å². The number of hydrogen-bond donors (Lipinski definition) is 0. The molecule has 0 aromatic heterocycles. The van der Waals surface area contributed by atoms with Gasteiger partial charge in [-0.25, -0.2) is 0 Å². The molecule has 0 heterocycles. The lowest BCUT2D eigenvalue weighted by Gasteiger charge is -2.34. The zero-order valence-corrected chi connectivity index (χ0v) is 26.0. The Kier molecular flexibility index (Phi) is 8.24. The lowest BCUT2D eigenvalue weighted by molar-refractivity contribution is 0.519. The molecule has 0 nitrogen and oxygen atoms in total. The molecule has 0 bridgehead atoms. The third-order valence-corrected chi connectivity index (χ3v) is 7.34. The molecule has 0 heteroatoms. The maximum atomic E-state index is 2.56. The van der Waals surface area contributed by atoms with Crippen LogP contribution < -0.4 is 0 Å². The van der Waals surface area contributed by atoms with Gasteiger partial charge in [0.2, 0.25) is 0 Å². The van der Waals surface area contributed by atoms with E-state index in [0.29, 0.717) is 0 Å². The van der Waals surface area contributed by atoms with Gasteiger partial charge in [0.05, 0.1) is 0 Å². The van der Waals surface area contributed by atoms with E-state index in [4.69, 9.17) is 0 Å². The summed E-state index contributed by atoms with van der Waals surface area (Å²) in [5.74, 6) is 0. The number of benzene rings is 2. The number of rotatable bonds is 4. The fourth-order valence-corrected chi connectivity index (χ4v) is 5.22. The first-order chi connectivity index (χ1) is 15.5. The molecule has 0 fully saturated rings. The summed E-state index contributed by atoms with van der Waals surface area (Å²) in [5, 5.41) is 0. The second-order valence-corrected chi connectivity index (χ2v) is 16.0. The molecule has 2 rings (SSSR count). The number of aryl methyl sites for hydroxylation is 2. The van der Waals surface area contributed by atoms with Gasteiger partial charge < -0.3 is 0 Å². The van der Waals surface area contributed by atoms with Crippen molar-refractivity contribution in [3.63, 3.8) is 0 Å². The van der Waals surface area contributed by atoms with Gasteiger partial charge in [0.1, 0.15) is 0 Å². The molecule has 0 amide bonds. The van der Waals surface area contributed by atoms with E-state index < -0.39 is 0 Å². The molecule has 0 saturated carbocycles. The third-order valence-electron chi connectivity index (χ3n) is 7.34. The first-order valence-corrected chi connectivity index (χ1v) is 13.8. The second-order valence-electron chi connectivity index (χ2n) is 16.0. The van der Waals surface area contributed by atoms with E-state index in [1.807, 2.05) is 0 Å². The second kappa shape index (κ2) is 9.72. The van der Waals surface area contributed by atoms with Crippen molar-refractivity contribution in [1.29, 1.82) is 0 Å². The van der Waals surface area contributed by atoms with Crippen molar-refractivity contribution in [2.75, 3.05) is 0 Å². The zero-order chi connectivity index (χ0) is 27.2. The van der Waals surface area contributed by atoms with E-state index in [2.05, 4.69) is 134 Å². The Morgan fingerprint density at radius 1 is 0.400 bits per heavy atom. The van der Waals surface area contributed by atoms with Crippen LogP contribution in [-0.4, -0.2) is 0 Å². The molecule has 0 aliphatic heterocycles. The predicted octanol–water partition coefficient (Wildman–Crippen LogP) is 10.3. The van der Waals surface area contributed by atoms with Crippen molar-refractivity contribution in [3.8, 4) is 0 Å². The van der Waals surface area contributed by atoms with Crippen LogP contribution in [0, 0.1) is 0 Å². The van der Waals surface area contributed by atoms with Crippen LogP contribution in [0.3, 0.4) is 0 Å². The summed E-state index contributed by atoms with van der Waals surface area (Å²) in [6.07, 6.45) is 3.44. The normalized spacial score (nSPS) is 13.9. The third kappa shape index (κ3) is 7.47. The molecule has 2 aromatic carbocycles. The van der Waals surface area contributed by atoms with Crippen LogP contribution >= 0.6 is 0 Å². The molecule has 0 aliphatic rings. The quantitative estimate of drug-likeness (QED) is 0.411. The van der Waals surface area contributed by atoms with E-state index in [1.165, 1.54) is 39.8 Å². The van der Waals surface area contributed by atoms with E-state index in [9.17, 15) is 0 Å². The molecule has 0 atom stereocenters. The highest BCUT2D eigenvalue weighted by Crippen LogP contribution is 2.40. The van der Waals surface area contributed by atoms with Gasteiger partial charge in [-0.3, -0.25) is 0 Å². The average Bonchev–Trinajstić information content (AvgIpc) is 2.63. The zero-order valence-electron chi connectivity index (χ0n) is 26.0.